The van der Waals surface area contributed by atoms with Gasteiger partial charge in [-0.3, -0.25) is 0 Å². The van der Waals surface area contributed by atoms with E-state index in [0.717, 1.165) is 13.0 Å². The number of rotatable bonds is 5. The molecule has 2 unspecified atom stereocenters. The summed E-state index contributed by atoms with van der Waals surface area (Å²) < 4.78 is 1.36. The van der Waals surface area contributed by atoms with Crippen LogP contribution < -0.4 is 5.32 Å². The lowest BCUT2D eigenvalue weighted by Crippen LogP contribution is -2.27. The highest BCUT2D eigenvalue weighted by Crippen LogP contribution is 2.25. The number of benzene rings is 1. The van der Waals surface area contributed by atoms with E-state index >= 15 is 0 Å². The first-order valence-electron chi connectivity index (χ1n) is 5.99. The summed E-state index contributed by atoms with van der Waals surface area (Å²) in [5.74, 6) is 0. The second-order valence-corrected chi connectivity index (χ2v) is 6.21. The minimum Gasteiger partial charge on any atom is -0.310 e. The molecule has 92 valence electrons. The molecule has 0 saturated heterocycles. The van der Waals surface area contributed by atoms with E-state index in [1.54, 1.807) is 0 Å². The van der Waals surface area contributed by atoms with Gasteiger partial charge in [0.25, 0.3) is 0 Å². The normalized spacial score (nSPS) is 15.0. The first-order chi connectivity index (χ1) is 8.16. The van der Waals surface area contributed by atoms with Gasteiger partial charge in [0.05, 0.1) is 0 Å². The molecule has 1 aromatic carbocycles. The molecule has 3 heteroatoms. The van der Waals surface area contributed by atoms with Crippen molar-refractivity contribution in [3.05, 3.63) is 35.2 Å². The maximum absolute atomic E-state index is 5.99. The van der Waals surface area contributed by atoms with Gasteiger partial charge in [-0.15, -0.1) is 22.9 Å². The molecule has 0 aliphatic heterocycles. The predicted octanol–water partition coefficient (Wildman–Crippen LogP) is 4.40. The lowest BCUT2D eigenvalue weighted by molar-refractivity contribution is 0.513. The van der Waals surface area contributed by atoms with Gasteiger partial charge in [-0.05, 0) is 42.7 Å². The van der Waals surface area contributed by atoms with Crippen LogP contribution in [0.3, 0.4) is 0 Å². The van der Waals surface area contributed by atoms with Crippen LogP contribution in [0, 0.1) is 0 Å². The molecule has 0 amide bonds. The molecule has 0 aliphatic rings. The quantitative estimate of drug-likeness (QED) is 0.792. The fraction of sp³-hybridized carbons (Fsp3) is 0.429. The van der Waals surface area contributed by atoms with Crippen molar-refractivity contribution in [2.24, 2.45) is 0 Å². The summed E-state index contributed by atoms with van der Waals surface area (Å²) in [6.45, 7) is 5.15. The van der Waals surface area contributed by atoms with Crippen LogP contribution in [0.2, 0.25) is 0 Å². The lowest BCUT2D eigenvalue weighted by Gasteiger charge is -2.14. The van der Waals surface area contributed by atoms with Gasteiger partial charge in [0.1, 0.15) is 0 Å². The van der Waals surface area contributed by atoms with Gasteiger partial charge < -0.3 is 5.32 Å². The van der Waals surface area contributed by atoms with Gasteiger partial charge >= 0.3 is 0 Å². The molecule has 2 aromatic rings. The Balaban J connectivity index is 1.99. The zero-order chi connectivity index (χ0) is 12.3. The summed E-state index contributed by atoms with van der Waals surface area (Å²) in [7, 11) is 0. The Bertz CT molecular complexity index is 478. The van der Waals surface area contributed by atoms with Crippen LogP contribution in [-0.2, 0) is 6.54 Å². The molecule has 1 aromatic heterocycles. The van der Waals surface area contributed by atoms with Crippen LogP contribution in [0.5, 0.6) is 0 Å². The van der Waals surface area contributed by atoms with E-state index in [-0.39, 0.29) is 5.38 Å². The Kier molecular flexibility index (Phi) is 4.43. The molecule has 0 bridgehead atoms. The predicted molar refractivity (Wildman–Crippen MR) is 78.1 cm³/mol. The molecule has 17 heavy (non-hydrogen) atoms. The second kappa shape index (κ2) is 5.85. The molecule has 0 fully saturated rings. The first kappa shape index (κ1) is 12.9. The molecule has 0 saturated carbocycles. The molecule has 0 radical (unpaired) electrons. The SMILES string of the molecule is CC(Cl)CC(C)NCc1csc2ccccc12. The van der Waals surface area contributed by atoms with Crippen LogP contribution in [0.25, 0.3) is 10.1 Å². The van der Waals surface area contributed by atoms with Gasteiger partial charge in [0, 0.05) is 22.7 Å². The van der Waals surface area contributed by atoms with Gasteiger partial charge in [0.15, 0.2) is 0 Å². The number of fused-ring (bicyclic) bond motifs is 1. The van der Waals surface area contributed by atoms with Crippen molar-refractivity contribution in [1.29, 1.82) is 0 Å². The summed E-state index contributed by atoms with van der Waals surface area (Å²) in [6.07, 6.45) is 1.00. The lowest BCUT2D eigenvalue weighted by atomic mass is 10.1. The number of hydrogen-bond donors (Lipinski definition) is 1. The van der Waals surface area contributed by atoms with Crippen molar-refractivity contribution in [3.8, 4) is 0 Å². The number of halogens is 1. The van der Waals surface area contributed by atoms with Crippen molar-refractivity contribution in [1.82, 2.24) is 5.32 Å². The summed E-state index contributed by atoms with van der Waals surface area (Å²) in [4.78, 5) is 0. The van der Waals surface area contributed by atoms with Crippen LogP contribution >= 0.6 is 22.9 Å². The third-order valence-corrected chi connectivity index (χ3v) is 4.07. The summed E-state index contributed by atoms with van der Waals surface area (Å²) >= 11 is 7.80. The molecule has 2 atom stereocenters. The summed E-state index contributed by atoms with van der Waals surface area (Å²) in [5.41, 5.74) is 1.39. The Morgan fingerprint density at radius 3 is 2.82 bits per heavy atom. The number of thiophene rings is 1. The summed E-state index contributed by atoms with van der Waals surface area (Å²) in [5, 5.41) is 7.38. The molecule has 0 spiro atoms. The van der Waals surface area contributed by atoms with Gasteiger partial charge in [-0.1, -0.05) is 18.2 Å². The third-order valence-electron chi connectivity index (χ3n) is 2.88. The minimum atomic E-state index is 0.233. The first-order valence-corrected chi connectivity index (χ1v) is 7.31. The largest absolute Gasteiger partial charge is 0.310 e. The molecular weight excluding hydrogens is 250 g/mol. The van der Waals surface area contributed by atoms with E-state index < -0.39 is 0 Å². The van der Waals surface area contributed by atoms with E-state index in [2.05, 4.69) is 41.9 Å². The van der Waals surface area contributed by atoms with Crippen LogP contribution in [0.4, 0.5) is 0 Å². The molecule has 2 rings (SSSR count). The maximum Gasteiger partial charge on any atom is 0.0346 e. The second-order valence-electron chi connectivity index (χ2n) is 4.56. The average molecular weight is 268 g/mol. The van der Waals surface area contributed by atoms with Gasteiger partial charge in [-0.25, -0.2) is 0 Å². The van der Waals surface area contributed by atoms with Crippen molar-refractivity contribution in [2.75, 3.05) is 0 Å². The highest BCUT2D eigenvalue weighted by atomic mass is 35.5. The van der Waals surface area contributed by atoms with Gasteiger partial charge in [0.2, 0.25) is 0 Å². The molecule has 1 N–H and O–H groups in total. The minimum absolute atomic E-state index is 0.233. The van der Waals surface area contributed by atoms with Gasteiger partial charge in [-0.2, -0.15) is 0 Å². The smallest absolute Gasteiger partial charge is 0.0346 e. The number of hydrogen-bond acceptors (Lipinski definition) is 2. The Morgan fingerprint density at radius 2 is 2.06 bits per heavy atom. The maximum atomic E-state index is 5.99. The zero-order valence-corrected chi connectivity index (χ0v) is 11.8. The average Bonchev–Trinajstić information content (AvgIpc) is 2.69. The highest BCUT2D eigenvalue weighted by molar-refractivity contribution is 7.17. The Hall–Kier alpha value is -0.570. The Labute approximate surface area is 112 Å². The monoisotopic (exact) mass is 267 g/mol. The van der Waals surface area contributed by atoms with E-state index in [1.165, 1.54) is 15.6 Å². The van der Waals surface area contributed by atoms with Crippen molar-refractivity contribution in [3.63, 3.8) is 0 Å². The molecule has 0 aliphatic carbocycles. The van der Waals surface area contributed by atoms with Crippen molar-refractivity contribution >= 4 is 33.0 Å². The van der Waals surface area contributed by atoms with Crippen LogP contribution in [-0.4, -0.2) is 11.4 Å². The van der Waals surface area contributed by atoms with Crippen molar-refractivity contribution in [2.45, 2.75) is 38.2 Å². The number of nitrogens with one attached hydrogen (secondary N) is 1. The van der Waals surface area contributed by atoms with E-state index in [0.29, 0.717) is 6.04 Å². The van der Waals surface area contributed by atoms with Crippen LogP contribution in [0.15, 0.2) is 29.6 Å². The highest BCUT2D eigenvalue weighted by Gasteiger charge is 2.07. The number of alkyl halides is 1. The van der Waals surface area contributed by atoms with E-state index in [4.69, 9.17) is 11.6 Å². The molecule has 1 heterocycles. The molecule has 1 nitrogen and oxygen atoms in total. The van der Waals surface area contributed by atoms with E-state index in [9.17, 15) is 0 Å². The zero-order valence-electron chi connectivity index (χ0n) is 10.2. The molecular formula is C14H18ClNS. The summed E-state index contributed by atoms with van der Waals surface area (Å²) in [6, 6.07) is 9.02. The Morgan fingerprint density at radius 1 is 1.29 bits per heavy atom. The van der Waals surface area contributed by atoms with E-state index in [1.807, 2.05) is 18.3 Å². The fourth-order valence-electron chi connectivity index (χ4n) is 2.02. The third kappa shape index (κ3) is 3.44. The van der Waals surface area contributed by atoms with Crippen LogP contribution in [0.1, 0.15) is 25.8 Å². The topological polar surface area (TPSA) is 12.0 Å². The van der Waals surface area contributed by atoms with Crippen molar-refractivity contribution < 1.29 is 0 Å². The fourth-order valence-corrected chi connectivity index (χ4v) is 3.25. The standard InChI is InChI=1S/C14H18ClNS/c1-10(15)7-11(2)16-8-12-9-17-14-6-4-3-5-13(12)14/h3-6,9-11,16H,7-8H2,1-2H3.